The minimum absolute atomic E-state index is 0.103. The fourth-order valence-electron chi connectivity index (χ4n) is 2.63. The molecule has 0 aliphatic carbocycles. The zero-order valence-corrected chi connectivity index (χ0v) is 15.0. The van der Waals surface area contributed by atoms with Gasteiger partial charge in [0.1, 0.15) is 16.6 Å². The summed E-state index contributed by atoms with van der Waals surface area (Å²) in [6.07, 6.45) is 0.973. The summed E-state index contributed by atoms with van der Waals surface area (Å²) in [6.45, 7) is 6.91. The predicted octanol–water partition coefficient (Wildman–Crippen LogP) is 2.55. The highest BCUT2D eigenvalue weighted by Gasteiger charge is 2.19. The molecule has 2 rings (SSSR count). The molecule has 1 aromatic heterocycles. The summed E-state index contributed by atoms with van der Waals surface area (Å²) in [7, 11) is 0. The van der Waals surface area contributed by atoms with Crippen LogP contribution in [0.25, 0.3) is 0 Å². The number of ketones is 1. The number of nitrogens with two attached hydrogens (primary N) is 1. The molecule has 1 aliphatic rings. The first-order valence-electron chi connectivity index (χ1n) is 7.45. The van der Waals surface area contributed by atoms with Crippen molar-refractivity contribution in [1.29, 1.82) is 5.26 Å². The third-order valence-electron chi connectivity index (χ3n) is 3.94. The third-order valence-corrected chi connectivity index (χ3v) is 5.39. The summed E-state index contributed by atoms with van der Waals surface area (Å²) >= 11 is 6.49. The molecule has 0 spiro atoms. The van der Waals surface area contributed by atoms with Crippen LogP contribution in [-0.2, 0) is 0 Å². The Bertz CT molecular complexity index is 686. The van der Waals surface area contributed by atoms with Gasteiger partial charge in [0.15, 0.2) is 5.78 Å². The number of nitrogens with zero attached hydrogens (tertiary/aromatic N) is 3. The van der Waals surface area contributed by atoms with Crippen molar-refractivity contribution in [2.24, 2.45) is 5.73 Å². The average molecular weight is 348 g/mol. The van der Waals surface area contributed by atoms with E-state index in [9.17, 15) is 10.1 Å². The number of hydrogen-bond donors (Lipinski definition) is 1. The van der Waals surface area contributed by atoms with Gasteiger partial charge in [-0.05, 0) is 32.4 Å². The number of anilines is 1. The Balaban J connectivity index is 2.12. The van der Waals surface area contributed by atoms with E-state index in [4.69, 9.17) is 18.0 Å². The molecule has 1 fully saturated rings. The lowest BCUT2D eigenvalue weighted by atomic mass is 10.2. The number of carbonyl (C=O) groups excluding carboxylic acids is 1. The maximum absolute atomic E-state index is 11.4. The highest BCUT2D eigenvalue weighted by molar-refractivity contribution is 7.80. The summed E-state index contributed by atoms with van der Waals surface area (Å²) in [4.78, 5) is 16.8. The van der Waals surface area contributed by atoms with E-state index in [1.807, 2.05) is 19.1 Å². The Kier molecular flexibility index (Phi) is 5.74. The SMILES string of the molecule is CC(=O)c1ccc(N2CCCN(/C(C)=C(/C#N)C(N)=S)CC2)s1. The average Bonchev–Trinajstić information content (AvgIpc) is 2.86. The van der Waals surface area contributed by atoms with Gasteiger partial charge in [-0.25, -0.2) is 0 Å². The highest BCUT2D eigenvalue weighted by atomic mass is 32.1. The molecule has 7 heteroatoms. The van der Waals surface area contributed by atoms with Crippen molar-refractivity contribution in [2.75, 3.05) is 31.1 Å². The monoisotopic (exact) mass is 348 g/mol. The molecule has 1 saturated heterocycles. The fourth-order valence-corrected chi connectivity index (χ4v) is 3.78. The van der Waals surface area contributed by atoms with Gasteiger partial charge in [-0.1, -0.05) is 12.2 Å². The first-order valence-corrected chi connectivity index (χ1v) is 8.68. The smallest absolute Gasteiger partial charge is 0.169 e. The van der Waals surface area contributed by atoms with E-state index >= 15 is 0 Å². The van der Waals surface area contributed by atoms with Crippen molar-refractivity contribution >= 4 is 39.3 Å². The number of thiophene rings is 1. The first kappa shape index (κ1) is 17.4. The van der Waals surface area contributed by atoms with E-state index in [0.29, 0.717) is 5.57 Å². The van der Waals surface area contributed by atoms with Gasteiger partial charge >= 0.3 is 0 Å². The molecule has 1 aliphatic heterocycles. The molecule has 0 unspecified atom stereocenters. The second-order valence-corrected chi connectivity index (χ2v) is 6.96. The molecule has 2 heterocycles. The molecule has 0 amide bonds. The standard InChI is InChI=1S/C16H20N4OS2/c1-11(13(10-17)16(18)22)19-6-3-7-20(9-8-19)15-5-4-14(23-15)12(2)21/h4-5H,3,6-9H2,1-2H3,(H2,18,22)/b13-11-. The molecular weight excluding hydrogens is 328 g/mol. The van der Waals surface area contributed by atoms with Crippen molar-refractivity contribution in [1.82, 2.24) is 4.90 Å². The maximum atomic E-state index is 11.4. The minimum Gasteiger partial charge on any atom is -0.389 e. The number of thiocarbonyl (C=S) groups is 1. The van der Waals surface area contributed by atoms with Gasteiger partial charge in [0, 0.05) is 31.9 Å². The lowest BCUT2D eigenvalue weighted by Crippen LogP contribution is -2.31. The molecule has 122 valence electrons. The van der Waals surface area contributed by atoms with Crippen molar-refractivity contribution in [2.45, 2.75) is 20.3 Å². The summed E-state index contributed by atoms with van der Waals surface area (Å²) in [6, 6.07) is 6.00. The van der Waals surface area contributed by atoms with Crippen LogP contribution in [0.5, 0.6) is 0 Å². The van der Waals surface area contributed by atoms with Gasteiger partial charge in [-0.2, -0.15) is 5.26 Å². The molecular formula is C16H20N4OS2. The topological polar surface area (TPSA) is 73.4 Å². The summed E-state index contributed by atoms with van der Waals surface area (Å²) in [5, 5.41) is 10.3. The van der Waals surface area contributed by atoms with Crippen LogP contribution in [0.2, 0.25) is 0 Å². The number of Topliss-reactive ketones (excluding diaryl/α,β-unsaturated/α-hetero) is 1. The number of rotatable bonds is 4. The van der Waals surface area contributed by atoms with E-state index in [1.165, 1.54) is 11.3 Å². The largest absolute Gasteiger partial charge is 0.389 e. The molecule has 23 heavy (non-hydrogen) atoms. The maximum Gasteiger partial charge on any atom is 0.169 e. The Morgan fingerprint density at radius 3 is 2.61 bits per heavy atom. The van der Waals surface area contributed by atoms with Gasteiger partial charge in [0.25, 0.3) is 0 Å². The van der Waals surface area contributed by atoms with Crippen LogP contribution < -0.4 is 10.6 Å². The van der Waals surface area contributed by atoms with E-state index in [2.05, 4.69) is 15.9 Å². The summed E-state index contributed by atoms with van der Waals surface area (Å²) < 4.78 is 0. The quantitative estimate of drug-likeness (QED) is 0.390. The van der Waals surface area contributed by atoms with Crippen molar-refractivity contribution in [3.63, 3.8) is 0 Å². The lowest BCUT2D eigenvalue weighted by molar-refractivity contribution is 0.102. The Hall–Kier alpha value is -1.91. The molecule has 0 aromatic carbocycles. The molecule has 2 N–H and O–H groups in total. The van der Waals surface area contributed by atoms with Crippen LogP contribution >= 0.6 is 23.6 Å². The van der Waals surface area contributed by atoms with Crippen LogP contribution in [0.1, 0.15) is 29.9 Å². The molecule has 0 saturated carbocycles. The number of nitriles is 1. The molecule has 0 atom stereocenters. The number of carbonyl (C=O) groups is 1. The lowest BCUT2D eigenvalue weighted by Gasteiger charge is -2.25. The zero-order valence-electron chi connectivity index (χ0n) is 13.3. The Morgan fingerprint density at radius 1 is 1.30 bits per heavy atom. The molecule has 0 radical (unpaired) electrons. The summed E-state index contributed by atoms with van der Waals surface area (Å²) in [5.74, 6) is 0.103. The highest BCUT2D eigenvalue weighted by Crippen LogP contribution is 2.27. The van der Waals surface area contributed by atoms with Crippen molar-refractivity contribution in [3.05, 3.63) is 28.3 Å². The zero-order chi connectivity index (χ0) is 17.0. The van der Waals surface area contributed by atoms with Crippen molar-refractivity contribution in [3.8, 4) is 6.07 Å². The predicted molar refractivity (Wildman–Crippen MR) is 97.8 cm³/mol. The minimum atomic E-state index is 0.103. The third kappa shape index (κ3) is 4.09. The van der Waals surface area contributed by atoms with Gasteiger partial charge in [-0.3, -0.25) is 4.79 Å². The van der Waals surface area contributed by atoms with Gasteiger partial charge in [0.2, 0.25) is 0 Å². The van der Waals surface area contributed by atoms with Gasteiger partial charge in [0.05, 0.1) is 9.88 Å². The normalized spacial score (nSPS) is 16.4. The van der Waals surface area contributed by atoms with E-state index in [-0.39, 0.29) is 10.8 Å². The van der Waals surface area contributed by atoms with E-state index < -0.39 is 0 Å². The Morgan fingerprint density at radius 2 is 2.04 bits per heavy atom. The second-order valence-electron chi connectivity index (χ2n) is 5.46. The molecule has 0 bridgehead atoms. The fraction of sp³-hybridized carbons (Fsp3) is 0.438. The van der Waals surface area contributed by atoms with Crippen LogP contribution in [-0.4, -0.2) is 41.9 Å². The number of hydrogen-bond acceptors (Lipinski definition) is 6. The summed E-state index contributed by atoms with van der Waals surface area (Å²) in [5.41, 5.74) is 6.86. The van der Waals surface area contributed by atoms with Crippen LogP contribution in [0.3, 0.4) is 0 Å². The molecule has 1 aromatic rings. The molecule has 5 nitrogen and oxygen atoms in total. The van der Waals surface area contributed by atoms with E-state index in [0.717, 1.165) is 48.2 Å². The van der Waals surface area contributed by atoms with Gasteiger partial charge in [-0.15, -0.1) is 11.3 Å². The van der Waals surface area contributed by atoms with Crippen LogP contribution in [0, 0.1) is 11.3 Å². The van der Waals surface area contributed by atoms with Crippen LogP contribution in [0.4, 0.5) is 5.00 Å². The van der Waals surface area contributed by atoms with Crippen LogP contribution in [0.15, 0.2) is 23.4 Å². The second kappa shape index (κ2) is 7.57. The van der Waals surface area contributed by atoms with Crippen molar-refractivity contribution < 1.29 is 4.79 Å². The van der Waals surface area contributed by atoms with E-state index in [1.54, 1.807) is 6.92 Å². The first-order chi connectivity index (χ1) is 10.9. The Labute approximate surface area is 146 Å². The van der Waals surface area contributed by atoms with Gasteiger partial charge < -0.3 is 15.5 Å². The number of allylic oxidation sites excluding steroid dienone is 1.